The van der Waals surface area contributed by atoms with E-state index in [-0.39, 0.29) is 11.3 Å². The third-order valence-corrected chi connectivity index (χ3v) is 6.83. The predicted octanol–water partition coefficient (Wildman–Crippen LogP) is 5.75. The van der Waals surface area contributed by atoms with Gasteiger partial charge in [0.1, 0.15) is 0 Å². The molecular weight excluding hydrogens is 508 g/mol. The Morgan fingerprint density at radius 1 is 1.24 bits per heavy atom. The zero-order valence-electron chi connectivity index (χ0n) is 17.5. The molecule has 1 atom stereocenters. The highest BCUT2D eigenvalue weighted by molar-refractivity contribution is 9.10. The zero-order chi connectivity index (χ0) is 23.3. The van der Waals surface area contributed by atoms with Crippen LogP contribution in [-0.4, -0.2) is 28.9 Å². The number of aliphatic hydroxyl groups excluding tert-OH is 1. The Labute approximate surface area is 201 Å². The number of carbonyl (C=O) groups excluding carboxylic acids is 2. The average Bonchev–Trinajstić information content (AvgIpc) is 3.49. The van der Waals surface area contributed by atoms with Crippen molar-refractivity contribution in [2.75, 3.05) is 12.0 Å². The number of rotatable bonds is 5. The topological polar surface area (TPSA) is 92.9 Å². The van der Waals surface area contributed by atoms with E-state index in [1.165, 1.54) is 23.3 Å². The van der Waals surface area contributed by atoms with Crippen molar-refractivity contribution >= 4 is 55.1 Å². The number of nitrogens with zero attached hydrogens (tertiary/aromatic N) is 2. The van der Waals surface area contributed by atoms with Gasteiger partial charge in [0.25, 0.3) is 5.91 Å². The number of carbonyl (C=O) groups is 2. The second kappa shape index (κ2) is 8.17. The fourth-order valence-corrected chi connectivity index (χ4v) is 5.16. The SMILES string of the molecule is COc1cccc2cc(C(=O)C3=C(O)C(=O)N(c4nc(C)cs4)C3c3cccc(Br)c3)oc12. The number of hydrogen-bond acceptors (Lipinski definition) is 7. The van der Waals surface area contributed by atoms with Gasteiger partial charge in [0, 0.05) is 15.2 Å². The number of ether oxygens (including phenoxy) is 1. The van der Waals surface area contributed by atoms with Gasteiger partial charge in [0.15, 0.2) is 28.0 Å². The summed E-state index contributed by atoms with van der Waals surface area (Å²) in [6.45, 7) is 1.82. The van der Waals surface area contributed by atoms with Crippen LogP contribution < -0.4 is 9.64 Å². The first-order chi connectivity index (χ1) is 15.9. The van der Waals surface area contributed by atoms with Gasteiger partial charge in [-0.05, 0) is 36.8 Å². The molecule has 5 rings (SSSR count). The molecule has 0 bridgehead atoms. The molecule has 0 saturated carbocycles. The second-order valence-electron chi connectivity index (χ2n) is 7.48. The van der Waals surface area contributed by atoms with Crippen LogP contribution in [0.1, 0.15) is 27.9 Å². The van der Waals surface area contributed by atoms with Crippen LogP contribution in [0.2, 0.25) is 0 Å². The number of aliphatic hydroxyl groups is 1. The molecule has 9 heteroatoms. The Hall–Kier alpha value is -3.43. The minimum absolute atomic E-state index is 0.000941. The van der Waals surface area contributed by atoms with Crippen molar-refractivity contribution in [1.82, 2.24) is 4.98 Å². The van der Waals surface area contributed by atoms with Crippen molar-refractivity contribution in [1.29, 1.82) is 0 Å². The van der Waals surface area contributed by atoms with Crippen LogP contribution in [0.5, 0.6) is 5.75 Å². The Morgan fingerprint density at radius 2 is 2.03 bits per heavy atom. The van der Waals surface area contributed by atoms with Gasteiger partial charge in [-0.1, -0.05) is 40.2 Å². The van der Waals surface area contributed by atoms with E-state index < -0.39 is 23.5 Å². The average molecular weight is 525 g/mol. The first-order valence-corrected chi connectivity index (χ1v) is 11.6. The highest BCUT2D eigenvalue weighted by Gasteiger charge is 2.46. The number of para-hydroxylation sites is 1. The van der Waals surface area contributed by atoms with Crippen LogP contribution >= 0.6 is 27.3 Å². The first-order valence-electron chi connectivity index (χ1n) is 9.94. The number of aromatic nitrogens is 1. The van der Waals surface area contributed by atoms with Crippen LogP contribution in [0.15, 0.2) is 74.1 Å². The number of thiazole rings is 1. The van der Waals surface area contributed by atoms with Crippen molar-refractivity contribution in [2.45, 2.75) is 13.0 Å². The number of ketones is 1. The number of anilines is 1. The van der Waals surface area contributed by atoms with Crippen LogP contribution in [0.25, 0.3) is 11.0 Å². The van der Waals surface area contributed by atoms with Gasteiger partial charge in [0.2, 0.25) is 5.78 Å². The maximum atomic E-state index is 13.7. The largest absolute Gasteiger partial charge is 0.503 e. The van der Waals surface area contributed by atoms with Crippen molar-refractivity contribution in [2.24, 2.45) is 0 Å². The number of furan rings is 1. The van der Waals surface area contributed by atoms with Gasteiger partial charge in [-0.15, -0.1) is 11.3 Å². The molecule has 0 spiro atoms. The normalized spacial score (nSPS) is 16.2. The third kappa shape index (κ3) is 3.53. The number of benzene rings is 2. The molecule has 2 aromatic heterocycles. The van der Waals surface area contributed by atoms with Crippen LogP contribution in [-0.2, 0) is 4.79 Å². The minimum Gasteiger partial charge on any atom is -0.503 e. The summed E-state index contributed by atoms with van der Waals surface area (Å²) in [4.78, 5) is 32.6. The van der Waals surface area contributed by atoms with E-state index in [0.717, 1.165) is 10.2 Å². The summed E-state index contributed by atoms with van der Waals surface area (Å²) < 4.78 is 11.9. The number of aryl methyl sites for hydroxylation is 1. The van der Waals surface area contributed by atoms with Gasteiger partial charge in [-0.25, -0.2) is 4.98 Å². The van der Waals surface area contributed by atoms with Crippen molar-refractivity contribution in [3.05, 3.63) is 86.7 Å². The Morgan fingerprint density at radius 3 is 2.73 bits per heavy atom. The number of halogens is 1. The van der Waals surface area contributed by atoms with Crippen molar-refractivity contribution in [3.8, 4) is 5.75 Å². The molecule has 4 aromatic rings. The van der Waals surface area contributed by atoms with E-state index in [1.54, 1.807) is 42.5 Å². The molecule has 2 aromatic carbocycles. The molecule has 0 radical (unpaired) electrons. The maximum absolute atomic E-state index is 13.7. The Bertz CT molecular complexity index is 1450. The quantitative estimate of drug-likeness (QED) is 0.334. The van der Waals surface area contributed by atoms with Gasteiger partial charge < -0.3 is 14.3 Å². The van der Waals surface area contributed by atoms with Gasteiger partial charge in [-0.2, -0.15) is 0 Å². The molecule has 1 aliphatic rings. The van der Waals surface area contributed by atoms with Crippen molar-refractivity contribution < 1.29 is 23.8 Å². The molecule has 0 saturated heterocycles. The summed E-state index contributed by atoms with van der Waals surface area (Å²) in [6, 6.07) is 13.3. The fourth-order valence-electron chi connectivity index (χ4n) is 3.92. The molecular formula is C24H17BrN2O5S. The summed E-state index contributed by atoms with van der Waals surface area (Å²) in [5, 5.41) is 13.7. The van der Waals surface area contributed by atoms with E-state index in [0.29, 0.717) is 27.4 Å². The summed E-state index contributed by atoms with van der Waals surface area (Å²) in [7, 11) is 1.51. The monoisotopic (exact) mass is 524 g/mol. The number of amides is 1. The second-order valence-corrected chi connectivity index (χ2v) is 9.24. The molecule has 3 heterocycles. The Kier molecular flexibility index (Phi) is 5.30. The van der Waals surface area contributed by atoms with Crippen molar-refractivity contribution in [3.63, 3.8) is 0 Å². The van der Waals surface area contributed by atoms with E-state index in [9.17, 15) is 14.7 Å². The lowest BCUT2D eigenvalue weighted by molar-refractivity contribution is -0.117. The smallest absolute Gasteiger partial charge is 0.296 e. The lowest BCUT2D eigenvalue weighted by Crippen LogP contribution is -2.31. The number of hydrogen-bond donors (Lipinski definition) is 1. The summed E-state index contributed by atoms with van der Waals surface area (Å²) in [5.41, 5.74) is 1.73. The highest BCUT2D eigenvalue weighted by atomic mass is 79.9. The standard InChI is InChI=1S/C24H17BrN2O5S/c1-12-11-33-24(26-12)27-19(13-5-3-7-15(25)9-13)18(21(29)23(27)30)20(28)17-10-14-6-4-8-16(31-2)22(14)32-17/h3-11,19,29H,1-2H3. The Balaban J connectivity index is 1.67. The summed E-state index contributed by atoms with van der Waals surface area (Å²) >= 11 is 4.72. The zero-order valence-corrected chi connectivity index (χ0v) is 19.9. The fraction of sp³-hybridized carbons (Fsp3) is 0.125. The number of methoxy groups -OCH3 is 1. The molecule has 0 fully saturated rings. The van der Waals surface area contributed by atoms with Gasteiger partial charge in [0.05, 0.1) is 24.4 Å². The lowest BCUT2D eigenvalue weighted by atomic mass is 9.95. The molecule has 7 nitrogen and oxygen atoms in total. The predicted molar refractivity (Wildman–Crippen MR) is 128 cm³/mol. The van der Waals surface area contributed by atoms with Gasteiger partial charge in [-0.3, -0.25) is 14.5 Å². The van der Waals surface area contributed by atoms with E-state index in [1.807, 2.05) is 18.4 Å². The molecule has 1 N–H and O–H groups in total. The van der Waals surface area contributed by atoms with E-state index in [2.05, 4.69) is 20.9 Å². The van der Waals surface area contributed by atoms with E-state index in [4.69, 9.17) is 9.15 Å². The maximum Gasteiger partial charge on any atom is 0.296 e. The minimum atomic E-state index is -0.872. The third-order valence-electron chi connectivity index (χ3n) is 5.38. The molecule has 1 aliphatic heterocycles. The molecule has 33 heavy (non-hydrogen) atoms. The summed E-state index contributed by atoms with van der Waals surface area (Å²) in [6.07, 6.45) is 0. The van der Waals surface area contributed by atoms with Crippen LogP contribution in [0.4, 0.5) is 5.13 Å². The van der Waals surface area contributed by atoms with Crippen LogP contribution in [0, 0.1) is 6.92 Å². The number of Topliss-reactive ketones (excluding diaryl/α,β-unsaturated/α-hetero) is 1. The summed E-state index contributed by atoms with van der Waals surface area (Å²) in [5.74, 6) is -1.41. The van der Waals surface area contributed by atoms with Crippen LogP contribution in [0.3, 0.4) is 0 Å². The molecule has 166 valence electrons. The molecule has 1 amide bonds. The first kappa shape index (κ1) is 21.4. The highest BCUT2D eigenvalue weighted by Crippen LogP contribution is 2.44. The molecule has 1 unspecified atom stereocenters. The molecule has 0 aliphatic carbocycles. The van der Waals surface area contributed by atoms with Gasteiger partial charge >= 0.3 is 0 Å². The van der Waals surface area contributed by atoms with E-state index >= 15 is 0 Å². The lowest BCUT2D eigenvalue weighted by Gasteiger charge is -2.24. The number of fused-ring (bicyclic) bond motifs is 1.